The molecule has 1 aliphatic rings. The quantitative estimate of drug-likeness (QED) is 0.527. The molecule has 0 atom stereocenters. The molecule has 0 radical (unpaired) electrons. The van der Waals surface area contributed by atoms with Crippen molar-refractivity contribution >= 4 is 11.5 Å². The van der Waals surface area contributed by atoms with Gasteiger partial charge in [0.05, 0.1) is 11.7 Å². The van der Waals surface area contributed by atoms with E-state index in [9.17, 15) is 4.39 Å². The molecule has 0 aliphatic heterocycles. The summed E-state index contributed by atoms with van der Waals surface area (Å²) in [5.41, 5.74) is 1.99. The van der Waals surface area contributed by atoms with Gasteiger partial charge in [-0.05, 0) is 49.6 Å². The van der Waals surface area contributed by atoms with E-state index in [1.807, 2.05) is 36.4 Å². The fraction of sp³-hybridized carbons (Fsp3) is 0.227. The van der Waals surface area contributed by atoms with Crippen molar-refractivity contribution in [2.45, 2.75) is 31.9 Å². The van der Waals surface area contributed by atoms with Crippen LogP contribution in [0.25, 0.3) is 17.0 Å². The second-order valence-electron chi connectivity index (χ2n) is 7.12. The molecule has 4 aromatic rings. The van der Waals surface area contributed by atoms with Crippen molar-refractivity contribution in [1.82, 2.24) is 19.8 Å². The molecule has 0 unspecified atom stereocenters. The summed E-state index contributed by atoms with van der Waals surface area (Å²) >= 11 is 0. The highest BCUT2D eigenvalue weighted by Gasteiger charge is 2.20. The van der Waals surface area contributed by atoms with Crippen LogP contribution in [-0.2, 0) is 6.54 Å². The zero-order valence-electron chi connectivity index (χ0n) is 15.8. The Morgan fingerprint density at radius 3 is 2.66 bits per heavy atom. The highest BCUT2D eigenvalue weighted by Crippen LogP contribution is 2.28. The van der Waals surface area contributed by atoms with Crippen LogP contribution < -0.4 is 10.1 Å². The first-order valence-corrected chi connectivity index (χ1v) is 9.74. The van der Waals surface area contributed by atoms with E-state index in [1.165, 1.54) is 12.5 Å². The number of benzene rings is 2. The first-order chi connectivity index (χ1) is 14.3. The first-order valence-electron chi connectivity index (χ1n) is 9.74. The summed E-state index contributed by atoms with van der Waals surface area (Å²) in [6.07, 6.45) is 3.79. The van der Waals surface area contributed by atoms with Crippen LogP contribution in [-0.4, -0.2) is 25.9 Å². The molecular formula is C22H20FN5O. The lowest BCUT2D eigenvalue weighted by atomic mass is 9.96. The minimum absolute atomic E-state index is 0.325. The van der Waals surface area contributed by atoms with Crippen LogP contribution in [0.1, 0.15) is 24.8 Å². The SMILES string of the molecule is Fc1ccccc1-c1nnc2ccc(NCc3ccccc3OC3CCC3)nn12. The molecule has 0 spiro atoms. The van der Waals surface area contributed by atoms with E-state index in [2.05, 4.69) is 20.6 Å². The number of fused-ring (bicyclic) bond motifs is 1. The second-order valence-corrected chi connectivity index (χ2v) is 7.12. The van der Waals surface area contributed by atoms with Gasteiger partial charge < -0.3 is 10.1 Å². The summed E-state index contributed by atoms with van der Waals surface area (Å²) in [5, 5.41) is 16.1. The lowest BCUT2D eigenvalue weighted by molar-refractivity contribution is 0.119. The van der Waals surface area contributed by atoms with Gasteiger partial charge >= 0.3 is 0 Å². The van der Waals surface area contributed by atoms with Gasteiger partial charge in [0.25, 0.3) is 0 Å². The van der Waals surface area contributed by atoms with Crippen molar-refractivity contribution in [2.75, 3.05) is 5.32 Å². The Bertz CT molecular complexity index is 1150. The summed E-state index contributed by atoms with van der Waals surface area (Å²) in [6, 6.07) is 18.2. The lowest BCUT2D eigenvalue weighted by Crippen LogP contribution is -2.25. The number of para-hydroxylation sites is 1. The van der Waals surface area contributed by atoms with Crippen molar-refractivity contribution in [2.24, 2.45) is 0 Å². The van der Waals surface area contributed by atoms with Gasteiger partial charge in [-0.2, -0.15) is 4.52 Å². The highest BCUT2D eigenvalue weighted by atomic mass is 19.1. The molecule has 7 heteroatoms. The lowest BCUT2D eigenvalue weighted by Gasteiger charge is -2.27. The van der Waals surface area contributed by atoms with Crippen LogP contribution in [0, 0.1) is 5.82 Å². The Morgan fingerprint density at radius 1 is 1.00 bits per heavy atom. The third kappa shape index (κ3) is 3.51. The molecule has 0 amide bonds. The standard InChI is InChI=1S/C22H20FN5O/c23-18-10-3-2-9-17(18)22-26-25-21-13-12-20(27-28(21)22)24-14-15-6-1-4-11-19(15)29-16-7-5-8-16/h1-4,6,9-13,16H,5,7-8,14H2,(H,24,27). The third-order valence-electron chi connectivity index (χ3n) is 5.16. The molecule has 0 bridgehead atoms. The van der Waals surface area contributed by atoms with E-state index in [1.54, 1.807) is 22.7 Å². The van der Waals surface area contributed by atoms with Gasteiger partial charge in [-0.3, -0.25) is 0 Å². The van der Waals surface area contributed by atoms with Crippen molar-refractivity contribution in [3.63, 3.8) is 0 Å². The van der Waals surface area contributed by atoms with Crippen LogP contribution in [0.15, 0.2) is 60.7 Å². The fourth-order valence-electron chi connectivity index (χ4n) is 3.31. The normalized spacial score (nSPS) is 14.0. The van der Waals surface area contributed by atoms with Gasteiger partial charge in [-0.15, -0.1) is 15.3 Å². The van der Waals surface area contributed by atoms with Gasteiger partial charge in [0.2, 0.25) is 0 Å². The molecular weight excluding hydrogens is 369 g/mol. The minimum atomic E-state index is -0.357. The first kappa shape index (κ1) is 17.6. The van der Waals surface area contributed by atoms with E-state index in [0.29, 0.717) is 35.5 Å². The zero-order chi connectivity index (χ0) is 19.6. The molecule has 1 aliphatic carbocycles. The number of aromatic nitrogens is 4. The van der Waals surface area contributed by atoms with Crippen molar-refractivity contribution in [3.05, 3.63) is 72.0 Å². The third-order valence-corrected chi connectivity index (χ3v) is 5.16. The highest BCUT2D eigenvalue weighted by molar-refractivity contribution is 5.60. The van der Waals surface area contributed by atoms with Crippen LogP contribution in [0.2, 0.25) is 0 Å². The number of nitrogens with one attached hydrogen (secondary N) is 1. The van der Waals surface area contributed by atoms with Gasteiger partial charge in [0.1, 0.15) is 17.4 Å². The number of hydrogen-bond donors (Lipinski definition) is 1. The minimum Gasteiger partial charge on any atom is -0.490 e. The number of nitrogens with zero attached hydrogens (tertiary/aromatic N) is 4. The van der Waals surface area contributed by atoms with E-state index < -0.39 is 0 Å². The van der Waals surface area contributed by atoms with Crippen LogP contribution >= 0.6 is 0 Å². The number of hydrogen-bond acceptors (Lipinski definition) is 5. The molecule has 2 heterocycles. The molecule has 0 saturated heterocycles. The average Bonchev–Trinajstić information content (AvgIpc) is 3.13. The monoisotopic (exact) mass is 389 g/mol. The van der Waals surface area contributed by atoms with E-state index in [0.717, 1.165) is 24.2 Å². The molecule has 29 heavy (non-hydrogen) atoms. The Balaban J connectivity index is 1.39. The maximum atomic E-state index is 14.2. The van der Waals surface area contributed by atoms with Crippen molar-refractivity contribution in [3.8, 4) is 17.1 Å². The topological polar surface area (TPSA) is 64.3 Å². The number of anilines is 1. The van der Waals surface area contributed by atoms with Gasteiger partial charge in [-0.25, -0.2) is 4.39 Å². The van der Waals surface area contributed by atoms with Crippen LogP contribution in [0.3, 0.4) is 0 Å². The van der Waals surface area contributed by atoms with Crippen molar-refractivity contribution < 1.29 is 9.13 Å². The predicted molar refractivity (Wildman–Crippen MR) is 108 cm³/mol. The van der Waals surface area contributed by atoms with Crippen LogP contribution in [0.5, 0.6) is 5.75 Å². The van der Waals surface area contributed by atoms with E-state index >= 15 is 0 Å². The van der Waals surface area contributed by atoms with Gasteiger partial charge in [0.15, 0.2) is 11.5 Å². The van der Waals surface area contributed by atoms with E-state index in [4.69, 9.17) is 4.74 Å². The summed E-state index contributed by atoms with van der Waals surface area (Å²) in [5.74, 6) is 1.56. The number of halogens is 1. The second kappa shape index (κ2) is 7.50. The summed E-state index contributed by atoms with van der Waals surface area (Å²) in [7, 11) is 0. The van der Waals surface area contributed by atoms with Crippen molar-refractivity contribution in [1.29, 1.82) is 0 Å². The number of rotatable bonds is 6. The average molecular weight is 389 g/mol. The molecule has 1 saturated carbocycles. The Morgan fingerprint density at radius 2 is 1.83 bits per heavy atom. The Labute approximate surface area is 167 Å². The smallest absolute Gasteiger partial charge is 0.188 e. The molecule has 6 nitrogen and oxygen atoms in total. The van der Waals surface area contributed by atoms with Gasteiger partial charge in [-0.1, -0.05) is 30.3 Å². The molecule has 2 aromatic carbocycles. The number of ether oxygens (including phenoxy) is 1. The summed E-state index contributed by atoms with van der Waals surface area (Å²) in [4.78, 5) is 0. The molecule has 5 rings (SSSR count). The predicted octanol–water partition coefficient (Wildman–Crippen LogP) is 4.47. The molecule has 1 N–H and O–H groups in total. The summed E-state index contributed by atoms with van der Waals surface area (Å²) < 4.78 is 21.8. The Hall–Kier alpha value is -3.48. The fourth-order valence-corrected chi connectivity index (χ4v) is 3.31. The van der Waals surface area contributed by atoms with Gasteiger partial charge in [0, 0.05) is 12.1 Å². The maximum Gasteiger partial charge on any atom is 0.188 e. The molecule has 2 aromatic heterocycles. The largest absolute Gasteiger partial charge is 0.490 e. The Kier molecular flexibility index (Phi) is 4.56. The molecule has 146 valence electrons. The summed E-state index contributed by atoms with van der Waals surface area (Å²) in [6.45, 7) is 0.568. The maximum absolute atomic E-state index is 14.2. The van der Waals surface area contributed by atoms with Crippen LogP contribution in [0.4, 0.5) is 10.2 Å². The van der Waals surface area contributed by atoms with E-state index in [-0.39, 0.29) is 5.82 Å². The zero-order valence-corrected chi connectivity index (χ0v) is 15.8. The molecule has 1 fully saturated rings.